The van der Waals surface area contributed by atoms with Crippen molar-refractivity contribution in [2.24, 2.45) is 10.2 Å². The van der Waals surface area contributed by atoms with Crippen LogP contribution in [0.25, 0.3) is 0 Å². The number of carboxylic acid groups (broad SMARTS) is 1. The number of carbonyl (C=O) groups is 3. The molecule has 0 unspecified atom stereocenters. The van der Waals surface area contributed by atoms with Gasteiger partial charge in [-0.3, -0.25) is 29.8 Å². The maximum Gasteiger partial charge on any atom is 0.341 e. The van der Waals surface area contributed by atoms with E-state index in [1.165, 1.54) is 19.1 Å². The topological polar surface area (TPSA) is 231 Å². The molecule has 16 heteroatoms. The summed E-state index contributed by atoms with van der Waals surface area (Å²) in [7, 11) is 0. The van der Waals surface area contributed by atoms with Crippen LogP contribution in [0.4, 0.5) is 34.1 Å². The number of carboxylic acids is 1. The van der Waals surface area contributed by atoms with Gasteiger partial charge in [-0.25, -0.2) is 4.79 Å². The van der Waals surface area contributed by atoms with Gasteiger partial charge in [-0.1, -0.05) is 0 Å². The van der Waals surface area contributed by atoms with Crippen LogP contribution in [0.1, 0.15) is 25.8 Å². The third kappa shape index (κ3) is 7.78. The SMILES string of the molecule is CCN(CCC(=O)OCC(=O)O)c1ccc(N=Nc2c(C#N)cc([N+](=O)[O-])cc2[N+](=O)[O-])c(NC(C)=O)c1. The fourth-order valence-electron chi connectivity index (χ4n) is 3.15. The highest BCUT2D eigenvalue weighted by atomic mass is 16.6. The molecule has 0 aromatic heterocycles. The molecule has 0 atom stereocenters. The van der Waals surface area contributed by atoms with E-state index >= 15 is 0 Å². The number of anilines is 2. The Bertz CT molecular complexity index is 1350. The number of rotatable bonds is 12. The number of nitrogens with one attached hydrogen (secondary N) is 1. The molecule has 2 rings (SSSR count). The lowest BCUT2D eigenvalue weighted by Crippen LogP contribution is -2.27. The van der Waals surface area contributed by atoms with Gasteiger partial charge in [-0.15, -0.1) is 10.2 Å². The van der Waals surface area contributed by atoms with E-state index in [4.69, 9.17) is 5.11 Å². The second-order valence-electron chi connectivity index (χ2n) is 7.45. The second kappa shape index (κ2) is 13.0. The van der Waals surface area contributed by atoms with Crippen molar-refractivity contribution in [1.29, 1.82) is 5.26 Å². The number of ether oxygens (including phenoxy) is 1. The van der Waals surface area contributed by atoms with E-state index in [0.717, 1.165) is 6.07 Å². The number of nitriles is 1. The summed E-state index contributed by atoms with van der Waals surface area (Å²) in [6.07, 6.45) is -0.112. The van der Waals surface area contributed by atoms with E-state index < -0.39 is 56.9 Å². The van der Waals surface area contributed by atoms with Gasteiger partial charge in [-0.05, 0) is 25.1 Å². The molecule has 0 spiro atoms. The number of nitrogens with zero attached hydrogens (tertiary/aromatic N) is 6. The van der Waals surface area contributed by atoms with Crippen LogP contribution in [0.15, 0.2) is 40.6 Å². The monoisotopic (exact) mass is 527 g/mol. The molecule has 0 aliphatic rings. The lowest BCUT2D eigenvalue weighted by Gasteiger charge is -2.23. The number of hydrogen-bond acceptors (Lipinski definition) is 12. The summed E-state index contributed by atoms with van der Waals surface area (Å²) in [5, 5.41) is 50.8. The molecule has 0 aliphatic heterocycles. The molecular weight excluding hydrogens is 506 g/mol. The quantitative estimate of drug-likeness (QED) is 0.175. The second-order valence-corrected chi connectivity index (χ2v) is 7.45. The van der Waals surface area contributed by atoms with E-state index in [-0.39, 0.29) is 24.3 Å². The van der Waals surface area contributed by atoms with Gasteiger partial charge in [-0.2, -0.15) is 5.26 Å². The Balaban J connectivity index is 2.43. The number of nitro benzene ring substituents is 2. The van der Waals surface area contributed by atoms with Crippen molar-refractivity contribution in [2.45, 2.75) is 20.3 Å². The summed E-state index contributed by atoms with van der Waals surface area (Å²) in [4.78, 5) is 56.5. The standard InChI is InChI=1S/C22H21N7O9/c1-3-27(7-6-21(33)38-12-20(31)32)15-4-5-17(18(9-15)24-13(2)30)25-26-22-14(11-23)8-16(28(34)35)10-19(22)29(36)37/h4-5,8-10H,3,6-7,12H2,1-2H3,(H,24,30)(H,31,32). The summed E-state index contributed by atoms with van der Waals surface area (Å²) >= 11 is 0. The summed E-state index contributed by atoms with van der Waals surface area (Å²) < 4.78 is 4.61. The van der Waals surface area contributed by atoms with Crippen LogP contribution in [0.2, 0.25) is 0 Å². The maximum atomic E-state index is 11.8. The van der Waals surface area contributed by atoms with Crippen LogP contribution >= 0.6 is 0 Å². The maximum absolute atomic E-state index is 11.8. The molecule has 2 aromatic carbocycles. The van der Waals surface area contributed by atoms with Gasteiger partial charge >= 0.3 is 17.6 Å². The van der Waals surface area contributed by atoms with E-state index in [1.807, 2.05) is 0 Å². The minimum absolute atomic E-state index is 0.0532. The first kappa shape index (κ1) is 28.8. The lowest BCUT2D eigenvalue weighted by molar-refractivity contribution is -0.393. The van der Waals surface area contributed by atoms with Crippen LogP contribution in [-0.4, -0.2) is 52.5 Å². The number of nitro groups is 2. The number of amides is 1. The molecule has 0 saturated heterocycles. The normalized spacial score (nSPS) is 10.4. The Kier molecular flexibility index (Phi) is 9.86. The number of aliphatic carboxylic acids is 1. The highest BCUT2D eigenvalue weighted by Crippen LogP contribution is 2.38. The fraction of sp³-hybridized carbons (Fsp3) is 0.273. The summed E-state index contributed by atoms with van der Waals surface area (Å²) in [5.74, 6) is -2.47. The molecule has 0 fully saturated rings. The van der Waals surface area contributed by atoms with Crippen LogP contribution in [0.3, 0.4) is 0 Å². The predicted molar refractivity (Wildman–Crippen MR) is 130 cm³/mol. The Morgan fingerprint density at radius 2 is 1.87 bits per heavy atom. The van der Waals surface area contributed by atoms with Crippen molar-refractivity contribution in [3.8, 4) is 6.07 Å². The molecule has 2 aromatic rings. The average molecular weight is 527 g/mol. The van der Waals surface area contributed by atoms with Crippen molar-refractivity contribution in [2.75, 3.05) is 29.9 Å². The molecule has 0 radical (unpaired) electrons. The van der Waals surface area contributed by atoms with Gasteiger partial charge in [0.15, 0.2) is 12.3 Å². The minimum Gasteiger partial charge on any atom is -0.479 e. The molecule has 0 bridgehead atoms. The fourth-order valence-corrected chi connectivity index (χ4v) is 3.15. The van der Waals surface area contributed by atoms with Crippen molar-refractivity contribution in [3.63, 3.8) is 0 Å². The molecule has 2 N–H and O–H groups in total. The minimum atomic E-state index is -1.28. The molecule has 0 aliphatic carbocycles. The zero-order valence-corrected chi connectivity index (χ0v) is 20.1. The van der Waals surface area contributed by atoms with E-state index in [0.29, 0.717) is 18.3 Å². The van der Waals surface area contributed by atoms with Gasteiger partial charge in [0, 0.05) is 31.8 Å². The number of benzene rings is 2. The molecule has 38 heavy (non-hydrogen) atoms. The van der Waals surface area contributed by atoms with Crippen molar-refractivity contribution < 1.29 is 34.1 Å². The van der Waals surface area contributed by atoms with E-state index in [1.54, 1.807) is 24.0 Å². The summed E-state index contributed by atoms with van der Waals surface area (Å²) in [6.45, 7) is 2.87. The van der Waals surface area contributed by atoms with E-state index in [9.17, 15) is 39.9 Å². The molecular formula is C22H21N7O9. The number of non-ortho nitro benzene ring substituents is 1. The molecule has 1 amide bonds. The molecule has 0 heterocycles. The largest absolute Gasteiger partial charge is 0.479 e. The van der Waals surface area contributed by atoms with Gasteiger partial charge in [0.25, 0.3) is 5.69 Å². The Morgan fingerprint density at radius 1 is 1.16 bits per heavy atom. The van der Waals surface area contributed by atoms with E-state index in [2.05, 4.69) is 20.3 Å². The van der Waals surface area contributed by atoms with Gasteiger partial charge in [0.05, 0.1) is 33.6 Å². The number of carbonyl (C=O) groups excluding carboxylic acids is 2. The summed E-state index contributed by atoms with van der Waals surface area (Å²) in [5.41, 5.74) is -1.67. The van der Waals surface area contributed by atoms with Crippen LogP contribution in [0, 0.1) is 31.6 Å². The Morgan fingerprint density at radius 3 is 2.42 bits per heavy atom. The number of hydrogen-bond donors (Lipinski definition) is 2. The van der Waals surface area contributed by atoms with Gasteiger partial charge in [0.2, 0.25) is 5.91 Å². The van der Waals surface area contributed by atoms with Crippen molar-refractivity contribution >= 4 is 52.0 Å². The van der Waals surface area contributed by atoms with Crippen LogP contribution < -0.4 is 10.2 Å². The van der Waals surface area contributed by atoms with Crippen molar-refractivity contribution in [1.82, 2.24) is 0 Å². The van der Waals surface area contributed by atoms with Gasteiger partial charge in [0.1, 0.15) is 11.8 Å². The Labute approximate surface area is 214 Å². The highest BCUT2D eigenvalue weighted by Gasteiger charge is 2.25. The predicted octanol–water partition coefficient (Wildman–Crippen LogP) is 3.59. The zero-order valence-electron chi connectivity index (χ0n) is 20.1. The first-order valence-corrected chi connectivity index (χ1v) is 10.8. The smallest absolute Gasteiger partial charge is 0.341 e. The highest BCUT2D eigenvalue weighted by molar-refractivity contribution is 5.93. The molecule has 16 nitrogen and oxygen atoms in total. The van der Waals surface area contributed by atoms with Crippen molar-refractivity contribution in [3.05, 3.63) is 56.1 Å². The van der Waals surface area contributed by atoms with Gasteiger partial charge < -0.3 is 20.1 Å². The summed E-state index contributed by atoms with van der Waals surface area (Å²) in [6, 6.07) is 7.63. The van der Waals surface area contributed by atoms with Crippen LogP contribution in [0.5, 0.6) is 0 Å². The third-order valence-corrected chi connectivity index (χ3v) is 4.84. The van der Waals surface area contributed by atoms with Crippen LogP contribution in [-0.2, 0) is 19.1 Å². The lowest BCUT2D eigenvalue weighted by atomic mass is 10.1. The molecule has 0 saturated carbocycles. The number of esters is 1. The first-order chi connectivity index (χ1) is 18.0. The molecule has 198 valence electrons. The zero-order chi connectivity index (χ0) is 28.4. The Hall–Kier alpha value is -5.46. The first-order valence-electron chi connectivity index (χ1n) is 10.8. The average Bonchev–Trinajstić information content (AvgIpc) is 2.86. The number of azo groups is 1. The third-order valence-electron chi connectivity index (χ3n) is 4.84.